The molecule has 148 valence electrons. The van der Waals surface area contributed by atoms with E-state index in [-0.39, 0.29) is 11.7 Å². The van der Waals surface area contributed by atoms with Gasteiger partial charge in [0.25, 0.3) is 5.56 Å². The number of rotatable bonds is 2. The summed E-state index contributed by atoms with van der Waals surface area (Å²) >= 11 is 0. The van der Waals surface area contributed by atoms with Crippen LogP contribution in [0.2, 0.25) is 0 Å². The molecule has 1 aliphatic carbocycles. The maximum atomic E-state index is 13.3. The molecule has 30 heavy (non-hydrogen) atoms. The van der Waals surface area contributed by atoms with E-state index in [4.69, 9.17) is 10.5 Å². The lowest BCUT2D eigenvalue weighted by Gasteiger charge is -2.27. The second-order valence-electron chi connectivity index (χ2n) is 7.05. The molecule has 8 nitrogen and oxygen atoms in total. The molecule has 8 heteroatoms. The summed E-state index contributed by atoms with van der Waals surface area (Å²) in [7, 11) is 1.31. The van der Waals surface area contributed by atoms with Crippen molar-refractivity contribution >= 4 is 29.2 Å². The second kappa shape index (κ2) is 6.41. The van der Waals surface area contributed by atoms with Crippen molar-refractivity contribution in [2.45, 2.75) is 5.92 Å². The first-order valence-corrected chi connectivity index (χ1v) is 9.23. The number of fused-ring (bicyclic) bond motifs is 3. The third-order valence-electron chi connectivity index (χ3n) is 5.41. The molecule has 0 bridgehead atoms. The SMILES string of the molecule is COC(=O)c1ccc([C@@H]2C3=C(Nc4nc(N)[nH]c(=O)c42)c2ccccc2C3=O)cc1. The van der Waals surface area contributed by atoms with Crippen LogP contribution in [0.25, 0.3) is 5.70 Å². The van der Waals surface area contributed by atoms with Gasteiger partial charge in [-0.15, -0.1) is 0 Å². The first-order valence-electron chi connectivity index (χ1n) is 9.23. The lowest BCUT2D eigenvalue weighted by atomic mass is 9.81. The van der Waals surface area contributed by atoms with E-state index in [0.717, 1.165) is 5.56 Å². The zero-order chi connectivity index (χ0) is 21.0. The quantitative estimate of drug-likeness (QED) is 0.563. The number of hydrogen-bond acceptors (Lipinski definition) is 7. The number of aromatic nitrogens is 2. The number of aromatic amines is 1. The molecular formula is C22H16N4O4. The van der Waals surface area contributed by atoms with Crippen LogP contribution in [-0.2, 0) is 4.74 Å². The van der Waals surface area contributed by atoms with Gasteiger partial charge in [0, 0.05) is 22.6 Å². The Morgan fingerprint density at radius 1 is 1.07 bits per heavy atom. The largest absolute Gasteiger partial charge is 0.465 e. The van der Waals surface area contributed by atoms with Crippen LogP contribution >= 0.6 is 0 Å². The van der Waals surface area contributed by atoms with Gasteiger partial charge < -0.3 is 15.8 Å². The van der Waals surface area contributed by atoms with E-state index in [0.29, 0.717) is 39.3 Å². The molecule has 0 spiro atoms. The third-order valence-corrected chi connectivity index (χ3v) is 5.41. The molecule has 2 heterocycles. The van der Waals surface area contributed by atoms with Gasteiger partial charge in [0.2, 0.25) is 5.95 Å². The van der Waals surface area contributed by atoms with Gasteiger partial charge in [0.05, 0.1) is 23.9 Å². The summed E-state index contributed by atoms with van der Waals surface area (Å²) in [5.41, 5.74) is 9.06. The minimum absolute atomic E-state index is 0.0207. The molecule has 0 saturated heterocycles. The number of hydrogen-bond donors (Lipinski definition) is 3. The summed E-state index contributed by atoms with van der Waals surface area (Å²) in [6, 6.07) is 13.9. The fourth-order valence-electron chi connectivity index (χ4n) is 4.10. The maximum Gasteiger partial charge on any atom is 0.337 e. The van der Waals surface area contributed by atoms with Gasteiger partial charge in [0.1, 0.15) is 5.82 Å². The smallest absolute Gasteiger partial charge is 0.337 e. The summed E-state index contributed by atoms with van der Waals surface area (Å²) in [6.45, 7) is 0. The number of ketones is 1. The number of nitrogens with zero attached hydrogens (tertiary/aromatic N) is 1. The van der Waals surface area contributed by atoms with Crippen LogP contribution in [0.4, 0.5) is 11.8 Å². The van der Waals surface area contributed by atoms with E-state index in [1.807, 2.05) is 12.1 Å². The van der Waals surface area contributed by atoms with Crippen molar-refractivity contribution in [3.8, 4) is 0 Å². The Kier molecular flexibility index (Phi) is 3.82. The van der Waals surface area contributed by atoms with Crippen molar-refractivity contribution < 1.29 is 14.3 Å². The molecule has 2 aliphatic rings. The number of Topliss-reactive ketones (excluding diaryl/α,β-unsaturated/α-hetero) is 1. The number of methoxy groups -OCH3 is 1. The third kappa shape index (κ3) is 2.47. The van der Waals surface area contributed by atoms with Gasteiger partial charge in [-0.3, -0.25) is 14.6 Å². The molecule has 2 aromatic carbocycles. The molecule has 1 aromatic heterocycles. The predicted octanol–water partition coefficient (Wildman–Crippen LogP) is 2.30. The van der Waals surface area contributed by atoms with Gasteiger partial charge in [-0.05, 0) is 17.7 Å². The summed E-state index contributed by atoms with van der Waals surface area (Å²) in [5.74, 6) is -1.00. The number of nitrogens with two attached hydrogens (primary N) is 1. The molecule has 0 amide bonds. The van der Waals surface area contributed by atoms with Crippen LogP contribution in [0.15, 0.2) is 58.9 Å². The second-order valence-corrected chi connectivity index (χ2v) is 7.05. The molecule has 0 unspecified atom stereocenters. The lowest BCUT2D eigenvalue weighted by Crippen LogP contribution is -2.28. The van der Waals surface area contributed by atoms with E-state index < -0.39 is 17.4 Å². The number of benzene rings is 2. The zero-order valence-corrected chi connectivity index (χ0v) is 15.9. The zero-order valence-electron chi connectivity index (χ0n) is 15.9. The Morgan fingerprint density at radius 2 is 1.77 bits per heavy atom. The summed E-state index contributed by atoms with van der Waals surface area (Å²) < 4.78 is 4.75. The number of nitrogens with one attached hydrogen (secondary N) is 2. The number of allylic oxidation sites excluding steroid dienone is 1. The average Bonchev–Trinajstić information content (AvgIpc) is 3.04. The highest BCUT2D eigenvalue weighted by atomic mass is 16.5. The minimum Gasteiger partial charge on any atom is -0.465 e. The van der Waals surface area contributed by atoms with Crippen molar-refractivity contribution in [2.75, 3.05) is 18.2 Å². The van der Waals surface area contributed by atoms with Gasteiger partial charge in [-0.25, -0.2) is 4.79 Å². The Hall–Kier alpha value is -4.20. The Labute approximate surface area is 170 Å². The topological polar surface area (TPSA) is 127 Å². The molecule has 4 N–H and O–H groups in total. The van der Waals surface area contributed by atoms with Gasteiger partial charge >= 0.3 is 5.97 Å². The standard InChI is InChI=1S/C22H16N4O4/c1-30-21(29)11-8-6-10(7-9-11)14-15-17(12-4-2-3-5-13(12)18(15)27)24-19-16(14)20(28)26-22(23)25-19/h2-9,14H,1H3,(H4,23,24,25,26,28)/t14-/m1/s1. The molecule has 0 saturated carbocycles. The molecule has 0 fully saturated rings. The summed E-state index contributed by atoms with van der Waals surface area (Å²) in [6.07, 6.45) is 0. The predicted molar refractivity (Wildman–Crippen MR) is 110 cm³/mol. The Morgan fingerprint density at radius 3 is 2.47 bits per heavy atom. The Balaban J connectivity index is 1.75. The number of anilines is 2. The van der Waals surface area contributed by atoms with Crippen molar-refractivity contribution in [3.05, 3.63) is 92.3 Å². The van der Waals surface area contributed by atoms with Crippen molar-refractivity contribution in [1.82, 2.24) is 9.97 Å². The van der Waals surface area contributed by atoms with Crippen LogP contribution in [0.3, 0.4) is 0 Å². The van der Waals surface area contributed by atoms with Crippen LogP contribution in [-0.4, -0.2) is 28.8 Å². The number of H-pyrrole nitrogens is 1. The van der Waals surface area contributed by atoms with Gasteiger partial charge in [-0.1, -0.05) is 36.4 Å². The lowest BCUT2D eigenvalue weighted by molar-refractivity contribution is 0.0600. The number of ether oxygens (including phenoxy) is 1. The number of carbonyl (C=O) groups is 2. The molecule has 1 atom stereocenters. The van der Waals surface area contributed by atoms with E-state index in [2.05, 4.69) is 15.3 Å². The van der Waals surface area contributed by atoms with Crippen LogP contribution < -0.4 is 16.6 Å². The molecule has 3 aromatic rings. The van der Waals surface area contributed by atoms with E-state index >= 15 is 0 Å². The monoisotopic (exact) mass is 400 g/mol. The summed E-state index contributed by atoms with van der Waals surface area (Å²) in [5, 5.41) is 3.14. The Bertz CT molecular complexity index is 1320. The van der Waals surface area contributed by atoms with Crippen LogP contribution in [0, 0.1) is 0 Å². The fraction of sp³-hybridized carbons (Fsp3) is 0.0909. The summed E-state index contributed by atoms with van der Waals surface area (Å²) in [4.78, 5) is 44.7. The highest BCUT2D eigenvalue weighted by molar-refractivity contribution is 6.23. The van der Waals surface area contributed by atoms with Gasteiger partial charge in [-0.2, -0.15) is 4.98 Å². The number of carbonyl (C=O) groups excluding carboxylic acids is 2. The minimum atomic E-state index is -0.667. The first-order chi connectivity index (χ1) is 14.5. The van der Waals surface area contributed by atoms with Gasteiger partial charge in [0.15, 0.2) is 5.78 Å². The van der Waals surface area contributed by atoms with Crippen molar-refractivity contribution in [2.24, 2.45) is 0 Å². The molecule has 1 aliphatic heterocycles. The number of esters is 1. The normalized spacial score (nSPS) is 16.4. The molecule has 5 rings (SSSR count). The van der Waals surface area contributed by atoms with Crippen LogP contribution in [0.5, 0.6) is 0 Å². The molecular weight excluding hydrogens is 384 g/mol. The van der Waals surface area contributed by atoms with E-state index in [1.54, 1.807) is 36.4 Å². The van der Waals surface area contributed by atoms with E-state index in [1.165, 1.54) is 7.11 Å². The number of nitrogen functional groups attached to an aromatic ring is 1. The maximum absolute atomic E-state index is 13.3. The van der Waals surface area contributed by atoms with E-state index in [9.17, 15) is 14.4 Å². The fourth-order valence-corrected chi connectivity index (χ4v) is 4.10. The highest BCUT2D eigenvalue weighted by Gasteiger charge is 2.41. The average molecular weight is 400 g/mol. The molecule has 0 radical (unpaired) electrons. The first kappa shape index (κ1) is 17.9. The van der Waals surface area contributed by atoms with Crippen molar-refractivity contribution in [1.29, 1.82) is 0 Å². The highest BCUT2D eigenvalue weighted by Crippen LogP contribution is 2.47. The van der Waals surface area contributed by atoms with Crippen molar-refractivity contribution in [3.63, 3.8) is 0 Å². The van der Waals surface area contributed by atoms with Crippen LogP contribution in [0.1, 0.15) is 43.3 Å².